The van der Waals surface area contributed by atoms with E-state index in [1.54, 1.807) is 0 Å². The minimum Gasteiger partial charge on any atom is -0.344 e. The molecule has 0 unspecified atom stereocenters. The summed E-state index contributed by atoms with van der Waals surface area (Å²) in [6.07, 6.45) is 1.19. The average molecular weight is 205 g/mol. The molecule has 2 heterocycles. The van der Waals surface area contributed by atoms with Gasteiger partial charge in [0.1, 0.15) is 0 Å². The predicted molar refractivity (Wildman–Crippen MR) is 62.8 cm³/mol. The molecule has 0 saturated heterocycles. The van der Waals surface area contributed by atoms with Crippen molar-refractivity contribution in [2.45, 2.75) is 26.8 Å². The van der Waals surface area contributed by atoms with Crippen molar-refractivity contribution in [1.29, 1.82) is 0 Å². The highest BCUT2D eigenvalue weighted by Crippen LogP contribution is 2.26. The largest absolute Gasteiger partial charge is 0.344 e. The van der Waals surface area contributed by atoms with Crippen molar-refractivity contribution >= 4 is 11.3 Å². The number of nitrogens with zero attached hydrogens (tertiary/aromatic N) is 1. The van der Waals surface area contributed by atoms with Gasteiger partial charge >= 0.3 is 0 Å². The first-order chi connectivity index (χ1) is 6.83. The van der Waals surface area contributed by atoms with E-state index in [0.29, 0.717) is 0 Å². The Kier molecular flexibility index (Phi) is 2.73. The second-order valence-electron chi connectivity index (χ2n) is 3.49. The van der Waals surface area contributed by atoms with Crippen LogP contribution in [0.5, 0.6) is 0 Å². The van der Waals surface area contributed by atoms with Crippen molar-refractivity contribution < 1.29 is 0 Å². The fourth-order valence-corrected chi connectivity index (χ4v) is 2.49. The normalized spacial score (nSPS) is 10.7. The Hall–Kier alpha value is -1.02. The Balaban J connectivity index is 2.43. The summed E-state index contributed by atoms with van der Waals surface area (Å²) in [7, 11) is 0. The van der Waals surface area contributed by atoms with Crippen LogP contribution in [0.3, 0.4) is 0 Å². The van der Waals surface area contributed by atoms with Gasteiger partial charge in [-0.25, -0.2) is 0 Å². The maximum absolute atomic E-state index is 2.39. The highest BCUT2D eigenvalue weighted by atomic mass is 32.1. The number of hydrogen-bond donors (Lipinski definition) is 0. The molecule has 0 amide bonds. The number of aromatic nitrogens is 1. The smallest absolute Gasteiger partial charge is 0.0583 e. The molecule has 0 saturated carbocycles. The first kappa shape index (κ1) is 9.53. The van der Waals surface area contributed by atoms with Crippen molar-refractivity contribution in [1.82, 2.24) is 4.57 Å². The zero-order valence-corrected chi connectivity index (χ0v) is 9.47. The second-order valence-corrected chi connectivity index (χ2v) is 4.44. The lowest BCUT2D eigenvalue weighted by Gasteiger charge is -2.08. The van der Waals surface area contributed by atoms with Crippen molar-refractivity contribution in [3.63, 3.8) is 0 Å². The minimum absolute atomic E-state index is 1.12. The summed E-state index contributed by atoms with van der Waals surface area (Å²) < 4.78 is 2.39. The Morgan fingerprint density at radius 2 is 2.14 bits per heavy atom. The van der Waals surface area contributed by atoms with Crippen LogP contribution >= 0.6 is 11.3 Å². The lowest BCUT2D eigenvalue weighted by Crippen LogP contribution is -2.00. The van der Waals surface area contributed by atoms with Crippen molar-refractivity contribution in [3.05, 3.63) is 35.3 Å². The molecule has 2 heteroatoms. The van der Waals surface area contributed by atoms with Crippen LogP contribution in [0.1, 0.15) is 19.0 Å². The molecular weight excluding hydrogens is 190 g/mol. The SMILES string of the molecule is CCCn1c(C)ccc1-c1cccs1. The molecule has 0 aliphatic heterocycles. The van der Waals surface area contributed by atoms with Gasteiger partial charge in [-0.2, -0.15) is 0 Å². The van der Waals surface area contributed by atoms with E-state index in [2.05, 4.69) is 48.1 Å². The highest BCUT2D eigenvalue weighted by molar-refractivity contribution is 7.13. The lowest BCUT2D eigenvalue weighted by atomic mass is 10.3. The fourth-order valence-electron chi connectivity index (χ4n) is 1.73. The molecular formula is C12H15NS. The van der Waals surface area contributed by atoms with Crippen molar-refractivity contribution in [3.8, 4) is 10.6 Å². The third-order valence-electron chi connectivity index (χ3n) is 2.42. The molecule has 2 rings (SSSR count). The number of rotatable bonds is 3. The Bertz CT molecular complexity index is 398. The highest BCUT2D eigenvalue weighted by Gasteiger charge is 2.06. The predicted octanol–water partition coefficient (Wildman–Crippen LogP) is 3.94. The van der Waals surface area contributed by atoms with Gasteiger partial charge in [-0.1, -0.05) is 13.0 Å². The van der Waals surface area contributed by atoms with Crippen molar-refractivity contribution in [2.24, 2.45) is 0 Å². The van der Waals surface area contributed by atoms with Gasteiger partial charge in [0, 0.05) is 12.2 Å². The zero-order valence-electron chi connectivity index (χ0n) is 8.66. The van der Waals surface area contributed by atoms with E-state index in [4.69, 9.17) is 0 Å². The summed E-state index contributed by atoms with van der Waals surface area (Å²) in [6, 6.07) is 8.71. The first-order valence-electron chi connectivity index (χ1n) is 5.03. The van der Waals surface area contributed by atoms with Crippen LogP contribution in [-0.2, 0) is 6.54 Å². The zero-order chi connectivity index (χ0) is 9.97. The monoisotopic (exact) mass is 205 g/mol. The number of hydrogen-bond acceptors (Lipinski definition) is 1. The van der Waals surface area contributed by atoms with Crippen LogP contribution in [0, 0.1) is 6.92 Å². The number of aryl methyl sites for hydroxylation is 1. The fraction of sp³-hybridized carbons (Fsp3) is 0.333. The maximum Gasteiger partial charge on any atom is 0.0583 e. The minimum atomic E-state index is 1.12. The topological polar surface area (TPSA) is 4.93 Å². The standard InChI is InChI=1S/C12H15NS/c1-3-8-13-10(2)6-7-11(13)12-5-4-9-14-12/h4-7,9H,3,8H2,1-2H3. The van der Waals surface area contributed by atoms with Gasteiger partial charge in [-0.3, -0.25) is 0 Å². The van der Waals surface area contributed by atoms with Gasteiger partial charge in [0.2, 0.25) is 0 Å². The van der Waals surface area contributed by atoms with E-state index < -0.39 is 0 Å². The van der Waals surface area contributed by atoms with Gasteiger partial charge in [0.25, 0.3) is 0 Å². The van der Waals surface area contributed by atoms with E-state index in [0.717, 1.165) is 6.54 Å². The lowest BCUT2D eigenvalue weighted by molar-refractivity contribution is 0.672. The second kappa shape index (κ2) is 4.01. The number of thiophene rings is 1. The molecule has 0 spiro atoms. The molecule has 0 aromatic carbocycles. The molecule has 0 aliphatic carbocycles. The van der Waals surface area contributed by atoms with E-state index in [1.807, 2.05) is 11.3 Å². The molecule has 0 atom stereocenters. The van der Waals surface area contributed by atoms with Crippen LogP contribution in [0.2, 0.25) is 0 Å². The molecule has 14 heavy (non-hydrogen) atoms. The maximum atomic E-state index is 2.39. The average Bonchev–Trinajstić information content (AvgIpc) is 2.77. The summed E-state index contributed by atoms with van der Waals surface area (Å²) in [6.45, 7) is 5.51. The van der Waals surface area contributed by atoms with Crippen LogP contribution in [-0.4, -0.2) is 4.57 Å². The third-order valence-corrected chi connectivity index (χ3v) is 3.31. The molecule has 0 N–H and O–H groups in total. The summed E-state index contributed by atoms with van der Waals surface area (Å²) >= 11 is 1.81. The van der Waals surface area contributed by atoms with Gasteiger partial charge in [-0.05, 0) is 36.9 Å². The van der Waals surface area contributed by atoms with Gasteiger partial charge in [0.05, 0.1) is 10.6 Å². The van der Waals surface area contributed by atoms with E-state index in [1.165, 1.54) is 22.7 Å². The van der Waals surface area contributed by atoms with Crippen LogP contribution < -0.4 is 0 Å². The van der Waals surface area contributed by atoms with E-state index >= 15 is 0 Å². The van der Waals surface area contributed by atoms with Crippen LogP contribution in [0.25, 0.3) is 10.6 Å². The van der Waals surface area contributed by atoms with Crippen molar-refractivity contribution in [2.75, 3.05) is 0 Å². The molecule has 0 bridgehead atoms. The molecule has 0 radical (unpaired) electrons. The van der Waals surface area contributed by atoms with Crippen LogP contribution in [0.15, 0.2) is 29.6 Å². The molecule has 1 nitrogen and oxygen atoms in total. The van der Waals surface area contributed by atoms with Gasteiger partial charge < -0.3 is 4.57 Å². The molecule has 2 aromatic rings. The quantitative estimate of drug-likeness (QED) is 0.715. The summed E-state index contributed by atoms with van der Waals surface area (Å²) in [5.74, 6) is 0. The summed E-state index contributed by atoms with van der Waals surface area (Å²) in [5.41, 5.74) is 2.72. The Labute approximate surface area is 89.0 Å². The molecule has 0 aliphatic rings. The summed E-state index contributed by atoms with van der Waals surface area (Å²) in [4.78, 5) is 1.37. The molecule has 0 fully saturated rings. The molecule has 2 aromatic heterocycles. The van der Waals surface area contributed by atoms with E-state index in [-0.39, 0.29) is 0 Å². The van der Waals surface area contributed by atoms with Gasteiger partial charge in [0.15, 0.2) is 0 Å². The third kappa shape index (κ3) is 1.62. The molecule has 74 valence electrons. The summed E-state index contributed by atoms with van der Waals surface area (Å²) in [5, 5.41) is 2.13. The van der Waals surface area contributed by atoms with Gasteiger partial charge in [-0.15, -0.1) is 11.3 Å². The van der Waals surface area contributed by atoms with E-state index in [9.17, 15) is 0 Å². The Morgan fingerprint density at radius 1 is 1.29 bits per heavy atom. The Morgan fingerprint density at radius 3 is 2.79 bits per heavy atom. The van der Waals surface area contributed by atoms with Crippen LogP contribution in [0.4, 0.5) is 0 Å². The first-order valence-corrected chi connectivity index (χ1v) is 5.91.